The second-order valence-corrected chi connectivity index (χ2v) is 7.61. The van der Waals surface area contributed by atoms with Crippen LogP contribution in [0.1, 0.15) is 25.3 Å². The number of piperazine rings is 1. The highest BCUT2D eigenvalue weighted by atomic mass is 35.5. The molecule has 0 aromatic heterocycles. The highest BCUT2D eigenvalue weighted by Gasteiger charge is 2.30. The topological polar surface area (TPSA) is 64.7 Å². The Morgan fingerprint density at radius 3 is 2.62 bits per heavy atom. The summed E-state index contributed by atoms with van der Waals surface area (Å²) < 4.78 is 0. The summed E-state index contributed by atoms with van der Waals surface area (Å²) >= 11 is 5.95. The Balaban J connectivity index is 1.36. The number of halogens is 1. The standard InChI is InChI=1S/C19H27ClN4O2/c1-14(19(26)22-17-5-6-17)24-9-7-23(8-10-24)13-18(25)21-12-15-3-2-4-16(20)11-15/h2-4,11,14,17H,5-10,12-13H2,1H3,(H,21,25)(H,22,26). The Morgan fingerprint density at radius 2 is 1.96 bits per heavy atom. The predicted molar refractivity (Wildman–Crippen MR) is 102 cm³/mol. The van der Waals surface area contributed by atoms with Crippen molar-refractivity contribution in [2.75, 3.05) is 32.7 Å². The molecule has 1 atom stereocenters. The summed E-state index contributed by atoms with van der Waals surface area (Å²) in [5.74, 6) is 0.137. The fraction of sp³-hybridized carbons (Fsp3) is 0.579. The smallest absolute Gasteiger partial charge is 0.237 e. The molecule has 3 rings (SSSR count). The molecule has 0 spiro atoms. The van der Waals surface area contributed by atoms with Gasteiger partial charge in [-0.25, -0.2) is 0 Å². The van der Waals surface area contributed by atoms with Crippen LogP contribution in [0, 0.1) is 0 Å². The van der Waals surface area contributed by atoms with Gasteiger partial charge in [-0.3, -0.25) is 19.4 Å². The van der Waals surface area contributed by atoms with E-state index in [1.165, 1.54) is 0 Å². The van der Waals surface area contributed by atoms with Crippen molar-refractivity contribution in [3.8, 4) is 0 Å². The maximum atomic E-state index is 12.2. The van der Waals surface area contributed by atoms with Gasteiger partial charge in [0.05, 0.1) is 12.6 Å². The largest absolute Gasteiger partial charge is 0.352 e. The van der Waals surface area contributed by atoms with Crippen LogP contribution in [0.3, 0.4) is 0 Å². The van der Waals surface area contributed by atoms with E-state index in [2.05, 4.69) is 20.4 Å². The van der Waals surface area contributed by atoms with Crippen LogP contribution < -0.4 is 10.6 Å². The third-order valence-electron chi connectivity index (χ3n) is 5.00. The van der Waals surface area contributed by atoms with Gasteiger partial charge in [-0.2, -0.15) is 0 Å². The first-order valence-corrected chi connectivity index (χ1v) is 9.67. The number of hydrogen-bond donors (Lipinski definition) is 2. The molecule has 2 fully saturated rings. The molecule has 0 radical (unpaired) electrons. The van der Waals surface area contributed by atoms with Gasteiger partial charge in [-0.15, -0.1) is 0 Å². The van der Waals surface area contributed by atoms with E-state index in [9.17, 15) is 9.59 Å². The van der Waals surface area contributed by atoms with Gasteiger partial charge in [-0.05, 0) is 37.5 Å². The molecule has 1 aliphatic carbocycles. The first-order chi connectivity index (χ1) is 12.5. The van der Waals surface area contributed by atoms with Gasteiger partial charge in [0.15, 0.2) is 0 Å². The molecule has 2 amide bonds. The van der Waals surface area contributed by atoms with Crippen molar-refractivity contribution in [1.82, 2.24) is 20.4 Å². The zero-order valence-corrected chi connectivity index (χ0v) is 16.0. The number of carbonyl (C=O) groups is 2. The van der Waals surface area contributed by atoms with Crippen LogP contribution >= 0.6 is 11.6 Å². The van der Waals surface area contributed by atoms with Crippen LogP contribution in [0.25, 0.3) is 0 Å². The van der Waals surface area contributed by atoms with Crippen molar-refractivity contribution in [3.63, 3.8) is 0 Å². The van der Waals surface area contributed by atoms with Gasteiger partial charge in [0.1, 0.15) is 0 Å². The molecule has 1 aromatic rings. The van der Waals surface area contributed by atoms with Crippen LogP contribution in [0.2, 0.25) is 5.02 Å². The fourth-order valence-electron chi connectivity index (χ4n) is 3.13. The summed E-state index contributed by atoms with van der Waals surface area (Å²) in [6.07, 6.45) is 2.22. The van der Waals surface area contributed by atoms with Crippen molar-refractivity contribution >= 4 is 23.4 Å². The van der Waals surface area contributed by atoms with Gasteiger partial charge < -0.3 is 10.6 Å². The van der Waals surface area contributed by atoms with E-state index in [1.807, 2.05) is 31.2 Å². The summed E-state index contributed by atoms with van der Waals surface area (Å²) in [4.78, 5) is 28.6. The van der Waals surface area contributed by atoms with Crippen LogP contribution in [0.4, 0.5) is 0 Å². The second kappa shape index (κ2) is 8.84. The average molecular weight is 379 g/mol. The lowest BCUT2D eigenvalue weighted by molar-refractivity contribution is -0.128. The molecule has 142 valence electrons. The summed E-state index contributed by atoms with van der Waals surface area (Å²) in [6, 6.07) is 7.79. The highest BCUT2D eigenvalue weighted by molar-refractivity contribution is 6.30. The zero-order chi connectivity index (χ0) is 18.5. The van der Waals surface area contributed by atoms with E-state index in [0.29, 0.717) is 24.2 Å². The van der Waals surface area contributed by atoms with E-state index in [1.54, 1.807) is 0 Å². The number of carbonyl (C=O) groups excluding carboxylic acids is 2. The molecular formula is C19H27ClN4O2. The quantitative estimate of drug-likeness (QED) is 0.749. The highest BCUT2D eigenvalue weighted by Crippen LogP contribution is 2.19. The molecule has 2 aliphatic rings. The number of benzene rings is 1. The van der Waals surface area contributed by atoms with Gasteiger partial charge in [0, 0.05) is 43.8 Å². The van der Waals surface area contributed by atoms with Crippen LogP contribution in [0.5, 0.6) is 0 Å². The third-order valence-corrected chi connectivity index (χ3v) is 5.24. The van der Waals surface area contributed by atoms with Crippen LogP contribution in [0.15, 0.2) is 24.3 Å². The Labute approximate surface area is 159 Å². The van der Waals surface area contributed by atoms with E-state index in [0.717, 1.165) is 44.6 Å². The summed E-state index contributed by atoms with van der Waals surface area (Å²) in [5, 5.41) is 6.67. The maximum absolute atomic E-state index is 12.2. The molecule has 6 nitrogen and oxygen atoms in total. The molecule has 1 aromatic carbocycles. The normalized spacial score (nSPS) is 19.8. The third kappa shape index (κ3) is 5.69. The molecule has 7 heteroatoms. The lowest BCUT2D eigenvalue weighted by atomic mass is 10.2. The Bertz CT molecular complexity index is 642. The second-order valence-electron chi connectivity index (χ2n) is 7.18. The number of rotatable bonds is 7. The first kappa shape index (κ1) is 19.1. The van der Waals surface area contributed by atoms with Crippen molar-refractivity contribution in [2.24, 2.45) is 0 Å². The van der Waals surface area contributed by atoms with E-state index >= 15 is 0 Å². The molecule has 2 N–H and O–H groups in total. The Kier molecular flexibility index (Phi) is 6.51. The lowest BCUT2D eigenvalue weighted by Gasteiger charge is -2.37. The Morgan fingerprint density at radius 1 is 1.23 bits per heavy atom. The molecule has 1 saturated heterocycles. The molecular weight excluding hydrogens is 352 g/mol. The summed E-state index contributed by atoms with van der Waals surface area (Å²) in [6.45, 7) is 6.04. The van der Waals surface area contributed by atoms with Crippen molar-refractivity contribution in [1.29, 1.82) is 0 Å². The van der Waals surface area contributed by atoms with Gasteiger partial charge in [0.25, 0.3) is 0 Å². The average Bonchev–Trinajstić information content (AvgIpc) is 3.44. The van der Waals surface area contributed by atoms with Gasteiger partial charge in [-0.1, -0.05) is 23.7 Å². The molecule has 1 aliphatic heterocycles. The van der Waals surface area contributed by atoms with E-state index < -0.39 is 0 Å². The number of nitrogens with zero attached hydrogens (tertiary/aromatic N) is 2. The van der Waals surface area contributed by atoms with Crippen molar-refractivity contribution in [2.45, 2.75) is 38.4 Å². The summed E-state index contributed by atoms with van der Waals surface area (Å²) in [5.41, 5.74) is 0.992. The SMILES string of the molecule is CC(C(=O)NC1CC1)N1CCN(CC(=O)NCc2cccc(Cl)c2)CC1. The number of amides is 2. The number of nitrogens with one attached hydrogen (secondary N) is 2. The molecule has 1 unspecified atom stereocenters. The van der Waals surface area contributed by atoms with Crippen LogP contribution in [-0.4, -0.2) is 66.4 Å². The van der Waals surface area contributed by atoms with Crippen molar-refractivity contribution in [3.05, 3.63) is 34.9 Å². The number of hydrogen-bond acceptors (Lipinski definition) is 4. The molecule has 1 saturated carbocycles. The minimum absolute atomic E-state index is 0.0120. The monoisotopic (exact) mass is 378 g/mol. The maximum Gasteiger partial charge on any atom is 0.237 e. The minimum Gasteiger partial charge on any atom is -0.352 e. The molecule has 0 bridgehead atoms. The minimum atomic E-state index is -0.102. The van der Waals surface area contributed by atoms with Gasteiger partial charge >= 0.3 is 0 Å². The predicted octanol–water partition coefficient (Wildman–Crippen LogP) is 1.24. The van der Waals surface area contributed by atoms with Gasteiger partial charge in [0.2, 0.25) is 11.8 Å². The molecule has 1 heterocycles. The zero-order valence-electron chi connectivity index (χ0n) is 15.2. The van der Waals surface area contributed by atoms with E-state index in [4.69, 9.17) is 11.6 Å². The fourth-order valence-corrected chi connectivity index (χ4v) is 3.34. The van der Waals surface area contributed by atoms with Crippen LogP contribution in [-0.2, 0) is 16.1 Å². The lowest BCUT2D eigenvalue weighted by Crippen LogP contribution is -2.55. The van der Waals surface area contributed by atoms with Crippen molar-refractivity contribution < 1.29 is 9.59 Å². The molecule has 26 heavy (non-hydrogen) atoms. The first-order valence-electron chi connectivity index (χ1n) is 9.29. The Hall–Kier alpha value is -1.63. The summed E-state index contributed by atoms with van der Waals surface area (Å²) in [7, 11) is 0. The van der Waals surface area contributed by atoms with E-state index in [-0.39, 0.29) is 17.9 Å².